The highest BCUT2D eigenvalue weighted by atomic mass is 32.1. The van der Waals surface area contributed by atoms with Crippen LogP contribution >= 0.6 is 0 Å². The molecule has 0 saturated heterocycles. The molecule has 0 spiro atoms. The summed E-state index contributed by atoms with van der Waals surface area (Å²) < 4.78 is 9.87. The molecule has 0 amide bonds. The van der Waals surface area contributed by atoms with Gasteiger partial charge in [0.25, 0.3) is 0 Å². The van der Waals surface area contributed by atoms with E-state index in [0.29, 0.717) is 17.4 Å². The fraction of sp³-hybridized carbons (Fsp3) is 0.800. The van der Waals surface area contributed by atoms with Gasteiger partial charge in [0.2, 0.25) is 5.75 Å². The fourth-order valence-electron chi connectivity index (χ4n) is 0.180. The van der Waals surface area contributed by atoms with Crippen molar-refractivity contribution in [2.75, 3.05) is 5.75 Å². The lowest BCUT2D eigenvalue weighted by atomic mass is 10.00. The third kappa shape index (κ3) is 2.64. The first-order valence-corrected chi connectivity index (χ1v) is 3.19. The number of hydrogen-bond donors (Lipinski definition) is 0. The molecule has 0 saturated carbocycles. The summed E-state index contributed by atoms with van der Waals surface area (Å²) in [5, 5.41) is 8.32. The van der Waals surface area contributed by atoms with E-state index in [4.69, 9.17) is 5.26 Å². The molecule has 0 heterocycles. The molecule has 2 nitrogen and oxygen atoms in total. The van der Waals surface area contributed by atoms with Gasteiger partial charge in [-0.1, -0.05) is 0 Å². The molecular formula is C5H8NOS+. The largest absolute Gasteiger partial charge is 0.460 e. The Hall–Kier alpha value is -0.490. The van der Waals surface area contributed by atoms with Crippen molar-refractivity contribution >= 4 is 11.7 Å². The average Bonchev–Trinajstić information content (AvgIpc) is 1.67. The zero-order valence-corrected chi connectivity index (χ0v) is 5.79. The lowest BCUT2D eigenvalue weighted by molar-refractivity contribution is 0.552. The Morgan fingerprint density at radius 1 is 1.75 bits per heavy atom. The summed E-state index contributed by atoms with van der Waals surface area (Å²) in [6, 6.07) is 2.02. The van der Waals surface area contributed by atoms with Gasteiger partial charge in [-0.2, -0.15) is 5.26 Å². The van der Waals surface area contributed by atoms with Crippen LogP contribution in [0.5, 0.6) is 0 Å². The van der Waals surface area contributed by atoms with E-state index in [2.05, 4.69) is 0 Å². The molecule has 8 heavy (non-hydrogen) atoms. The second-order valence-corrected chi connectivity index (χ2v) is 2.78. The minimum atomic E-state index is -0.452. The normalized spacial score (nSPS) is 10.1. The van der Waals surface area contributed by atoms with Gasteiger partial charge in [0, 0.05) is 4.21 Å². The Kier molecular flexibility index (Phi) is 2.56. The molecule has 0 aliphatic rings. The van der Waals surface area contributed by atoms with Gasteiger partial charge in [-0.15, -0.1) is 0 Å². The molecule has 0 aliphatic heterocycles. The molecule has 0 atom stereocenters. The number of nitriles is 1. The predicted molar refractivity (Wildman–Crippen MR) is 32.3 cm³/mol. The molecule has 0 fully saturated rings. The zero-order chi connectivity index (χ0) is 6.62. The Labute approximate surface area is 53.0 Å². The maximum atomic E-state index is 9.87. The molecule has 0 aromatic carbocycles. The van der Waals surface area contributed by atoms with Crippen LogP contribution in [0.25, 0.3) is 0 Å². The first kappa shape index (κ1) is 7.51. The summed E-state index contributed by atoms with van der Waals surface area (Å²) >= 11 is 0.461. The minimum absolute atomic E-state index is 0.365. The SMILES string of the molecule is CC(C)(C#N)C[S+]=O. The summed E-state index contributed by atoms with van der Waals surface area (Å²) in [5.41, 5.74) is -0.452. The summed E-state index contributed by atoms with van der Waals surface area (Å²) in [6.45, 7) is 3.50. The Bertz CT molecular complexity index is 125. The van der Waals surface area contributed by atoms with Crippen LogP contribution in [0, 0.1) is 16.7 Å². The monoisotopic (exact) mass is 130 g/mol. The second-order valence-electron chi connectivity index (χ2n) is 2.26. The molecule has 0 aromatic heterocycles. The zero-order valence-electron chi connectivity index (χ0n) is 4.97. The van der Waals surface area contributed by atoms with Crippen molar-refractivity contribution in [1.29, 1.82) is 5.26 Å². The summed E-state index contributed by atoms with van der Waals surface area (Å²) in [5.74, 6) is 0.365. The van der Waals surface area contributed by atoms with Crippen LogP contribution in [0.15, 0.2) is 0 Å². The van der Waals surface area contributed by atoms with E-state index in [-0.39, 0.29) is 0 Å². The third-order valence-electron chi connectivity index (χ3n) is 0.722. The third-order valence-corrected chi connectivity index (χ3v) is 1.56. The summed E-state index contributed by atoms with van der Waals surface area (Å²) in [6.07, 6.45) is 0. The van der Waals surface area contributed by atoms with Crippen molar-refractivity contribution in [1.82, 2.24) is 0 Å². The van der Waals surface area contributed by atoms with Gasteiger partial charge in [0.15, 0.2) is 0 Å². The van der Waals surface area contributed by atoms with Gasteiger partial charge in [0.05, 0.1) is 6.07 Å². The summed E-state index contributed by atoms with van der Waals surface area (Å²) in [4.78, 5) is 0. The van der Waals surface area contributed by atoms with Crippen LogP contribution in [0.1, 0.15) is 13.8 Å². The van der Waals surface area contributed by atoms with Crippen LogP contribution in [-0.2, 0) is 15.9 Å². The van der Waals surface area contributed by atoms with E-state index in [9.17, 15) is 4.21 Å². The van der Waals surface area contributed by atoms with Gasteiger partial charge >= 0.3 is 11.7 Å². The lowest BCUT2D eigenvalue weighted by Crippen LogP contribution is -2.12. The number of hydrogen-bond acceptors (Lipinski definition) is 2. The number of nitrogens with zero attached hydrogens (tertiary/aromatic N) is 1. The van der Waals surface area contributed by atoms with Gasteiger partial charge in [-0.05, 0) is 13.8 Å². The first-order chi connectivity index (χ1) is 3.62. The highest BCUT2D eigenvalue weighted by Gasteiger charge is 2.23. The smallest absolute Gasteiger partial charge is 0.198 e. The maximum absolute atomic E-state index is 9.87. The molecule has 0 aliphatic carbocycles. The Morgan fingerprint density at radius 3 is 2.38 bits per heavy atom. The van der Waals surface area contributed by atoms with E-state index >= 15 is 0 Å². The van der Waals surface area contributed by atoms with Crippen molar-refractivity contribution in [3.05, 3.63) is 0 Å². The van der Waals surface area contributed by atoms with Crippen molar-refractivity contribution < 1.29 is 4.21 Å². The highest BCUT2D eigenvalue weighted by molar-refractivity contribution is 7.65. The van der Waals surface area contributed by atoms with Gasteiger partial charge < -0.3 is 0 Å². The van der Waals surface area contributed by atoms with E-state index in [0.717, 1.165) is 0 Å². The van der Waals surface area contributed by atoms with E-state index in [1.54, 1.807) is 13.8 Å². The van der Waals surface area contributed by atoms with E-state index in [1.807, 2.05) is 6.07 Å². The van der Waals surface area contributed by atoms with Crippen LogP contribution in [0.2, 0.25) is 0 Å². The van der Waals surface area contributed by atoms with Crippen molar-refractivity contribution in [3.8, 4) is 6.07 Å². The van der Waals surface area contributed by atoms with Gasteiger partial charge in [-0.3, -0.25) is 0 Å². The van der Waals surface area contributed by atoms with Gasteiger partial charge in [0.1, 0.15) is 5.41 Å². The van der Waals surface area contributed by atoms with E-state index < -0.39 is 5.41 Å². The molecule has 0 rings (SSSR count). The standard InChI is InChI=1S/C5H8NOS/c1-5(2,3-6)4-8-7/h4H2,1-2H3/q+1. The van der Waals surface area contributed by atoms with Crippen LogP contribution in [-0.4, -0.2) is 5.75 Å². The van der Waals surface area contributed by atoms with Crippen LogP contribution in [0.4, 0.5) is 0 Å². The minimum Gasteiger partial charge on any atom is -0.198 e. The topological polar surface area (TPSA) is 40.9 Å². The molecular weight excluding hydrogens is 122 g/mol. The Morgan fingerprint density at radius 2 is 2.25 bits per heavy atom. The van der Waals surface area contributed by atoms with E-state index in [1.165, 1.54) is 0 Å². The molecule has 0 unspecified atom stereocenters. The average molecular weight is 130 g/mol. The molecule has 3 heteroatoms. The first-order valence-electron chi connectivity index (χ1n) is 2.28. The fourth-order valence-corrected chi connectivity index (χ4v) is 0.539. The van der Waals surface area contributed by atoms with Crippen LogP contribution in [0.3, 0.4) is 0 Å². The quantitative estimate of drug-likeness (QED) is 0.522. The maximum Gasteiger partial charge on any atom is 0.460 e. The predicted octanol–water partition coefficient (Wildman–Crippen LogP) is 0.964. The molecule has 0 radical (unpaired) electrons. The van der Waals surface area contributed by atoms with Crippen LogP contribution < -0.4 is 0 Å². The molecule has 0 aromatic rings. The number of rotatable bonds is 2. The molecule has 44 valence electrons. The molecule has 0 N–H and O–H groups in total. The Balaban J connectivity index is 3.76. The van der Waals surface area contributed by atoms with Gasteiger partial charge in [-0.25, -0.2) is 0 Å². The highest BCUT2D eigenvalue weighted by Crippen LogP contribution is 2.10. The molecule has 0 bridgehead atoms. The van der Waals surface area contributed by atoms with Crippen molar-refractivity contribution in [2.45, 2.75) is 13.8 Å². The lowest BCUT2D eigenvalue weighted by Gasteiger charge is -2.00. The second kappa shape index (κ2) is 2.73. The van der Waals surface area contributed by atoms with Crippen molar-refractivity contribution in [3.63, 3.8) is 0 Å². The summed E-state index contributed by atoms with van der Waals surface area (Å²) in [7, 11) is 0. The van der Waals surface area contributed by atoms with Crippen molar-refractivity contribution in [2.24, 2.45) is 5.41 Å².